The molecule has 6 heteroatoms. The average molecular weight is 458 g/mol. The first-order valence-electron chi connectivity index (χ1n) is 10.1. The Morgan fingerprint density at radius 3 is 2.48 bits per heavy atom. The van der Waals surface area contributed by atoms with Crippen LogP contribution in [0.1, 0.15) is 41.7 Å². The van der Waals surface area contributed by atoms with Gasteiger partial charge in [-0.05, 0) is 54.0 Å². The Balaban J connectivity index is 1.52. The lowest BCUT2D eigenvalue weighted by Gasteiger charge is -2.36. The van der Waals surface area contributed by atoms with Crippen molar-refractivity contribution in [3.8, 4) is 0 Å². The minimum Gasteiger partial charge on any atom is -0.388 e. The molecule has 0 unspecified atom stereocenters. The number of benzene rings is 2. The van der Waals surface area contributed by atoms with Gasteiger partial charge in [0.2, 0.25) is 0 Å². The minimum atomic E-state index is -1.24. The van der Waals surface area contributed by atoms with Crippen LogP contribution in [0.5, 0.6) is 0 Å². The fourth-order valence-corrected chi connectivity index (χ4v) is 4.88. The van der Waals surface area contributed by atoms with Crippen LogP contribution in [0, 0.1) is 0 Å². The van der Waals surface area contributed by atoms with Gasteiger partial charge in [0.25, 0.3) is 0 Å². The first-order chi connectivity index (χ1) is 14.0. The molecule has 3 aromatic rings. The summed E-state index contributed by atoms with van der Waals surface area (Å²) in [5, 5.41) is 31.5. The topological polar surface area (TPSA) is 74.9 Å². The molecule has 1 aliphatic carbocycles. The number of hydrogen-bond donors (Lipinski definition) is 3. The van der Waals surface area contributed by atoms with Gasteiger partial charge in [0.15, 0.2) is 6.23 Å². The van der Waals surface area contributed by atoms with Crippen molar-refractivity contribution in [2.45, 2.75) is 49.7 Å². The van der Waals surface area contributed by atoms with Crippen LogP contribution < -0.4 is 0 Å². The van der Waals surface area contributed by atoms with Crippen LogP contribution in [0.15, 0.2) is 53.1 Å². The SMILES string of the molecule is O[C@@H]1[C@@H](O)[C@H](n2cc(Cc3ccc(C4CC4)cc3)c3c(Br)cccc32)OC[C@H]1O. The average Bonchev–Trinajstić information content (AvgIpc) is 3.50. The van der Waals surface area contributed by atoms with Gasteiger partial charge in [0.1, 0.15) is 18.3 Å². The molecule has 0 amide bonds. The normalized spacial score (nSPS) is 27.4. The van der Waals surface area contributed by atoms with Gasteiger partial charge in [0.05, 0.1) is 12.1 Å². The van der Waals surface area contributed by atoms with Crippen molar-refractivity contribution in [2.24, 2.45) is 0 Å². The molecule has 0 bridgehead atoms. The number of halogens is 1. The van der Waals surface area contributed by atoms with E-state index in [1.807, 2.05) is 29.0 Å². The van der Waals surface area contributed by atoms with Crippen molar-refractivity contribution >= 4 is 26.8 Å². The van der Waals surface area contributed by atoms with Crippen molar-refractivity contribution in [1.82, 2.24) is 4.57 Å². The number of aromatic nitrogens is 1. The number of fused-ring (bicyclic) bond motifs is 1. The van der Waals surface area contributed by atoms with Crippen LogP contribution in [0.25, 0.3) is 10.9 Å². The van der Waals surface area contributed by atoms with E-state index in [1.54, 1.807) is 0 Å². The first kappa shape index (κ1) is 19.3. The highest BCUT2D eigenvalue weighted by molar-refractivity contribution is 9.10. The molecule has 1 aromatic heterocycles. The lowest BCUT2D eigenvalue weighted by Crippen LogP contribution is -2.50. The molecular weight excluding hydrogens is 434 g/mol. The molecule has 2 fully saturated rings. The highest BCUT2D eigenvalue weighted by atomic mass is 79.9. The third-order valence-electron chi connectivity index (χ3n) is 6.06. The fourth-order valence-electron chi connectivity index (χ4n) is 4.27. The number of rotatable bonds is 4. The molecule has 1 saturated heterocycles. The van der Waals surface area contributed by atoms with Crippen molar-refractivity contribution in [2.75, 3.05) is 6.61 Å². The van der Waals surface area contributed by atoms with E-state index in [0.717, 1.165) is 33.3 Å². The molecule has 3 N–H and O–H groups in total. The predicted octanol–water partition coefficient (Wildman–Crippen LogP) is 3.48. The summed E-state index contributed by atoms with van der Waals surface area (Å²) < 4.78 is 8.55. The summed E-state index contributed by atoms with van der Waals surface area (Å²) in [7, 11) is 0. The van der Waals surface area contributed by atoms with Gasteiger partial charge < -0.3 is 24.6 Å². The van der Waals surface area contributed by atoms with Crippen LogP contribution >= 0.6 is 15.9 Å². The van der Waals surface area contributed by atoms with Crippen molar-refractivity contribution in [3.63, 3.8) is 0 Å². The lowest BCUT2D eigenvalue weighted by atomic mass is 10.0. The van der Waals surface area contributed by atoms with E-state index in [4.69, 9.17) is 4.74 Å². The highest BCUT2D eigenvalue weighted by Gasteiger charge is 2.39. The van der Waals surface area contributed by atoms with Gasteiger partial charge in [-0.2, -0.15) is 0 Å². The molecule has 2 aromatic carbocycles. The van der Waals surface area contributed by atoms with E-state index in [0.29, 0.717) is 0 Å². The van der Waals surface area contributed by atoms with E-state index in [9.17, 15) is 15.3 Å². The van der Waals surface area contributed by atoms with E-state index >= 15 is 0 Å². The summed E-state index contributed by atoms with van der Waals surface area (Å²) in [4.78, 5) is 0. The lowest BCUT2D eigenvalue weighted by molar-refractivity contribution is -0.209. The van der Waals surface area contributed by atoms with E-state index in [2.05, 4.69) is 40.2 Å². The van der Waals surface area contributed by atoms with E-state index in [1.165, 1.54) is 24.0 Å². The summed E-state index contributed by atoms with van der Waals surface area (Å²) >= 11 is 3.67. The van der Waals surface area contributed by atoms with Gasteiger partial charge in [-0.3, -0.25) is 0 Å². The number of aliphatic hydroxyl groups is 3. The maximum atomic E-state index is 10.5. The van der Waals surface area contributed by atoms with Crippen LogP contribution in [-0.2, 0) is 11.2 Å². The summed E-state index contributed by atoms with van der Waals surface area (Å²) in [6.07, 6.45) is 1.05. The van der Waals surface area contributed by atoms with Gasteiger partial charge in [-0.1, -0.05) is 46.3 Å². The van der Waals surface area contributed by atoms with Crippen molar-refractivity contribution in [3.05, 3.63) is 69.8 Å². The van der Waals surface area contributed by atoms with Crippen LogP contribution in [0.2, 0.25) is 0 Å². The third-order valence-corrected chi connectivity index (χ3v) is 6.72. The Morgan fingerprint density at radius 1 is 1.00 bits per heavy atom. The van der Waals surface area contributed by atoms with Gasteiger partial charge >= 0.3 is 0 Å². The molecule has 5 rings (SSSR count). The Labute approximate surface area is 177 Å². The second-order valence-corrected chi connectivity index (χ2v) is 9.01. The zero-order valence-corrected chi connectivity index (χ0v) is 17.5. The number of ether oxygens (including phenoxy) is 1. The van der Waals surface area contributed by atoms with Gasteiger partial charge in [0, 0.05) is 16.1 Å². The Hall–Kier alpha value is -1.70. The zero-order valence-electron chi connectivity index (χ0n) is 15.9. The molecule has 152 valence electrons. The van der Waals surface area contributed by atoms with E-state index < -0.39 is 24.5 Å². The number of hydrogen-bond acceptors (Lipinski definition) is 4. The maximum Gasteiger partial charge on any atom is 0.162 e. The fraction of sp³-hybridized carbons (Fsp3) is 0.391. The van der Waals surface area contributed by atoms with Crippen molar-refractivity contribution in [1.29, 1.82) is 0 Å². The smallest absolute Gasteiger partial charge is 0.162 e. The summed E-state index contributed by atoms with van der Waals surface area (Å²) in [6, 6.07) is 14.8. The molecular formula is C23H24BrNO4. The standard InChI is InChI=1S/C23H24BrNO4/c24-17-2-1-3-18-20(17)16(10-13-4-6-14(7-5-13)15-8-9-15)11-25(18)23-22(28)21(27)19(26)12-29-23/h1-7,11,15,19,21-23,26-28H,8-10,12H2/t19-,21+,22-,23-/m1/s1. The molecule has 4 atom stereocenters. The Morgan fingerprint density at radius 2 is 1.76 bits per heavy atom. The molecule has 0 spiro atoms. The highest BCUT2D eigenvalue weighted by Crippen LogP contribution is 2.40. The van der Waals surface area contributed by atoms with Crippen molar-refractivity contribution < 1.29 is 20.1 Å². The first-order valence-corrected chi connectivity index (χ1v) is 10.8. The predicted molar refractivity (Wildman–Crippen MR) is 114 cm³/mol. The third kappa shape index (κ3) is 3.53. The van der Waals surface area contributed by atoms with Gasteiger partial charge in [-0.15, -0.1) is 0 Å². The van der Waals surface area contributed by atoms with Crippen LogP contribution in [0.3, 0.4) is 0 Å². The largest absolute Gasteiger partial charge is 0.388 e. The van der Waals surface area contributed by atoms with E-state index in [-0.39, 0.29) is 6.61 Å². The second kappa shape index (κ2) is 7.52. The Kier molecular flexibility index (Phi) is 5.00. The Bertz CT molecular complexity index is 1030. The molecule has 1 aliphatic heterocycles. The molecule has 1 saturated carbocycles. The molecule has 2 heterocycles. The monoisotopic (exact) mass is 457 g/mol. The summed E-state index contributed by atoms with van der Waals surface area (Å²) in [5.41, 5.74) is 4.67. The molecule has 0 radical (unpaired) electrons. The van der Waals surface area contributed by atoms with Crippen LogP contribution in [-0.4, -0.2) is 44.8 Å². The second-order valence-electron chi connectivity index (χ2n) is 8.16. The number of nitrogens with zero attached hydrogens (tertiary/aromatic N) is 1. The zero-order chi connectivity index (χ0) is 20.1. The summed E-state index contributed by atoms with van der Waals surface area (Å²) in [5.74, 6) is 0.742. The van der Waals surface area contributed by atoms with Gasteiger partial charge in [-0.25, -0.2) is 0 Å². The maximum absolute atomic E-state index is 10.5. The number of aliphatic hydroxyl groups excluding tert-OH is 3. The molecule has 2 aliphatic rings. The van der Waals surface area contributed by atoms with Crippen LogP contribution in [0.4, 0.5) is 0 Å². The quantitative estimate of drug-likeness (QED) is 0.560. The molecule has 5 nitrogen and oxygen atoms in total. The minimum absolute atomic E-state index is 0.0193. The molecule has 29 heavy (non-hydrogen) atoms. The summed E-state index contributed by atoms with van der Waals surface area (Å²) in [6.45, 7) is -0.0193.